The minimum atomic E-state index is 0.282. The van der Waals surface area contributed by atoms with E-state index in [-0.39, 0.29) is 12.2 Å². The molecule has 126 valence electrons. The molecule has 0 radical (unpaired) electrons. The van der Waals surface area contributed by atoms with Gasteiger partial charge in [-0.1, -0.05) is 49.1 Å². The van der Waals surface area contributed by atoms with Crippen LogP contribution >= 0.6 is 0 Å². The minimum absolute atomic E-state index is 0.282. The fraction of sp³-hybridized carbons (Fsp3) is 0.300. The second-order valence-corrected chi connectivity index (χ2v) is 5.62. The Morgan fingerprint density at radius 2 is 1.42 bits per heavy atom. The summed E-state index contributed by atoms with van der Waals surface area (Å²) in [6.45, 7) is 6.50. The molecule has 0 bridgehead atoms. The van der Waals surface area contributed by atoms with Gasteiger partial charge >= 0.3 is 0 Å². The van der Waals surface area contributed by atoms with Crippen molar-refractivity contribution in [1.82, 2.24) is 0 Å². The Kier molecular flexibility index (Phi) is 5.88. The molecule has 0 spiro atoms. The van der Waals surface area contributed by atoms with Crippen LogP contribution in [0.4, 0.5) is 0 Å². The smallest absolute Gasteiger partial charge is 0.123 e. The molecule has 2 atom stereocenters. The largest absolute Gasteiger partial charge is 0.491 e. The van der Waals surface area contributed by atoms with Gasteiger partial charge in [0.05, 0.1) is 13.2 Å². The van der Waals surface area contributed by atoms with Crippen molar-refractivity contribution in [3.05, 3.63) is 66.7 Å². The van der Waals surface area contributed by atoms with Crippen molar-refractivity contribution in [2.75, 3.05) is 26.4 Å². The van der Waals surface area contributed by atoms with E-state index < -0.39 is 0 Å². The molecule has 0 N–H and O–H groups in total. The van der Waals surface area contributed by atoms with E-state index >= 15 is 0 Å². The second kappa shape index (κ2) is 8.52. The average molecular weight is 326 g/mol. The predicted octanol–water partition coefficient (Wildman–Crippen LogP) is 3.57. The highest BCUT2D eigenvalue weighted by Crippen LogP contribution is 2.22. The number of epoxide rings is 2. The van der Waals surface area contributed by atoms with Gasteiger partial charge in [-0.3, -0.25) is 0 Å². The summed E-state index contributed by atoms with van der Waals surface area (Å²) in [7, 11) is 0. The summed E-state index contributed by atoms with van der Waals surface area (Å²) in [5.41, 5.74) is 1.17. The fourth-order valence-corrected chi connectivity index (χ4v) is 1.95. The average Bonchev–Trinajstić information content (AvgIpc) is 3.55. The zero-order valence-corrected chi connectivity index (χ0v) is 13.6. The van der Waals surface area contributed by atoms with Gasteiger partial charge in [-0.2, -0.15) is 0 Å². The quantitative estimate of drug-likeness (QED) is 0.730. The van der Waals surface area contributed by atoms with E-state index in [1.807, 2.05) is 60.7 Å². The van der Waals surface area contributed by atoms with Crippen LogP contribution in [-0.2, 0) is 9.47 Å². The summed E-state index contributed by atoms with van der Waals surface area (Å²) < 4.78 is 21.3. The highest BCUT2D eigenvalue weighted by molar-refractivity contribution is 5.45. The van der Waals surface area contributed by atoms with Gasteiger partial charge in [0, 0.05) is 6.07 Å². The molecule has 2 heterocycles. The molecule has 2 aromatic rings. The van der Waals surface area contributed by atoms with Gasteiger partial charge in [-0.05, 0) is 17.7 Å². The van der Waals surface area contributed by atoms with Crippen LogP contribution in [0.2, 0.25) is 0 Å². The summed E-state index contributed by atoms with van der Waals surface area (Å²) in [5, 5.41) is 0. The lowest BCUT2D eigenvalue weighted by molar-refractivity contribution is 0.252. The van der Waals surface area contributed by atoms with Crippen molar-refractivity contribution in [1.29, 1.82) is 0 Å². The van der Waals surface area contributed by atoms with Crippen LogP contribution in [0.25, 0.3) is 6.08 Å². The van der Waals surface area contributed by atoms with E-state index in [4.69, 9.17) is 18.9 Å². The summed E-state index contributed by atoms with van der Waals surface area (Å²) in [4.78, 5) is 0. The Balaban J connectivity index is 0.000000179. The van der Waals surface area contributed by atoms with Crippen LogP contribution in [0.15, 0.2) is 61.2 Å². The molecule has 0 aliphatic carbocycles. The summed E-state index contributed by atoms with van der Waals surface area (Å²) in [6.07, 6.45) is 2.40. The molecular formula is C20H22O4. The van der Waals surface area contributed by atoms with Gasteiger partial charge in [0.15, 0.2) is 0 Å². The summed E-state index contributed by atoms with van der Waals surface area (Å²) in [6, 6.07) is 17.7. The van der Waals surface area contributed by atoms with Gasteiger partial charge in [-0.15, -0.1) is 0 Å². The highest BCUT2D eigenvalue weighted by atomic mass is 16.6. The molecule has 0 amide bonds. The SMILES string of the molecule is C=Cc1ccccc1.c1cc(OCC2CO2)cc(OCC2CO2)c1. The zero-order chi connectivity index (χ0) is 16.6. The number of hydrogen-bond acceptors (Lipinski definition) is 4. The van der Waals surface area contributed by atoms with Gasteiger partial charge in [-0.25, -0.2) is 0 Å². The molecule has 2 saturated heterocycles. The minimum Gasteiger partial charge on any atom is -0.491 e. The van der Waals surface area contributed by atoms with Crippen LogP contribution in [0, 0.1) is 0 Å². The van der Waals surface area contributed by atoms with Crippen molar-refractivity contribution in [3.63, 3.8) is 0 Å². The molecule has 2 aliphatic heterocycles. The molecule has 0 saturated carbocycles. The first-order chi connectivity index (χ1) is 11.8. The van der Waals surface area contributed by atoms with Gasteiger partial charge < -0.3 is 18.9 Å². The topological polar surface area (TPSA) is 43.5 Å². The maximum atomic E-state index is 5.56. The second-order valence-electron chi connectivity index (χ2n) is 5.62. The summed E-state index contributed by atoms with van der Waals surface area (Å²) in [5.74, 6) is 1.65. The van der Waals surface area contributed by atoms with Crippen LogP contribution in [0.3, 0.4) is 0 Å². The van der Waals surface area contributed by atoms with E-state index in [2.05, 4.69) is 6.58 Å². The first-order valence-electron chi connectivity index (χ1n) is 8.10. The molecular weight excluding hydrogens is 304 g/mol. The third kappa shape index (κ3) is 6.07. The molecule has 4 heteroatoms. The van der Waals surface area contributed by atoms with Gasteiger partial charge in [0.2, 0.25) is 0 Å². The van der Waals surface area contributed by atoms with Gasteiger partial charge in [0.1, 0.15) is 36.9 Å². The first-order valence-corrected chi connectivity index (χ1v) is 8.10. The van der Waals surface area contributed by atoms with E-state index in [1.165, 1.54) is 5.56 Å². The fourth-order valence-electron chi connectivity index (χ4n) is 1.95. The Morgan fingerprint density at radius 3 is 1.83 bits per heavy atom. The molecule has 2 aromatic carbocycles. The van der Waals surface area contributed by atoms with Gasteiger partial charge in [0.25, 0.3) is 0 Å². The van der Waals surface area contributed by atoms with Crippen LogP contribution in [0.5, 0.6) is 11.5 Å². The molecule has 24 heavy (non-hydrogen) atoms. The number of ether oxygens (including phenoxy) is 4. The molecule has 2 unspecified atom stereocenters. The van der Waals surface area contributed by atoms with Crippen molar-refractivity contribution in [2.45, 2.75) is 12.2 Å². The van der Waals surface area contributed by atoms with E-state index in [0.717, 1.165) is 24.7 Å². The molecule has 4 rings (SSSR count). The third-order valence-electron chi connectivity index (χ3n) is 3.52. The lowest BCUT2D eigenvalue weighted by Crippen LogP contribution is -2.06. The number of benzene rings is 2. The van der Waals surface area contributed by atoms with Crippen LogP contribution < -0.4 is 9.47 Å². The normalized spacial score (nSPS) is 20.3. The zero-order valence-electron chi connectivity index (χ0n) is 13.6. The van der Waals surface area contributed by atoms with Crippen molar-refractivity contribution in [3.8, 4) is 11.5 Å². The predicted molar refractivity (Wildman–Crippen MR) is 93.4 cm³/mol. The third-order valence-corrected chi connectivity index (χ3v) is 3.52. The lowest BCUT2D eigenvalue weighted by atomic mass is 10.2. The van der Waals surface area contributed by atoms with Crippen LogP contribution in [0.1, 0.15) is 5.56 Å². The number of rotatable bonds is 7. The van der Waals surface area contributed by atoms with E-state index in [1.54, 1.807) is 0 Å². The maximum absolute atomic E-state index is 5.56. The Morgan fingerprint density at radius 1 is 0.875 bits per heavy atom. The first kappa shape index (κ1) is 16.6. The Labute approximate surface area is 142 Å². The Hall–Kier alpha value is -2.30. The number of hydrogen-bond donors (Lipinski definition) is 0. The summed E-state index contributed by atoms with van der Waals surface area (Å²) >= 11 is 0. The highest BCUT2D eigenvalue weighted by Gasteiger charge is 2.24. The maximum Gasteiger partial charge on any atom is 0.123 e. The molecule has 0 aromatic heterocycles. The standard InChI is InChI=1S/C12H14O4.C8H8/c1-2-9(13-5-11-7-15-11)4-10(3-1)14-6-12-8-16-12;1-2-8-6-4-3-5-7-8/h1-4,11-12H,5-8H2;2-7H,1H2. The monoisotopic (exact) mass is 326 g/mol. The molecule has 4 nitrogen and oxygen atoms in total. The Bertz CT molecular complexity index is 602. The van der Waals surface area contributed by atoms with E-state index in [0.29, 0.717) is 13.2 Å². The molecule has 2 fully saturated rings. The van der Waals surface area contributed by atoms with Crippen molar-refractivity contribution >= 4 is 6.08 Å². The van der Waals surface area contributed by atoms with Crippen LogP contribution in [-0.4, -0.2) is 38.6 Å². The lowest BCUT2D eigenvalue weighted by Gasteiger charge is -2.07. The van der Waals surface area contributed by atoms with E-state index in [9.17, 15) is 0 Å². The van der Waals surface area contributed by atoms with Crippen molar-refractivity contribution < 1.29 is 18.9 Å². The van der Waals surface area contributed by atoms with Crippen molar-refractivity contribution in [2.24, 2.45) is 0 Å². The molecule has 2 aliphatic rings.